The first-order chi connectivity index (χ1) is 14.0. The molecule has 4 bridgehead atoms. The highest BCUT2D eigenvalue weighted by Crippen LogP contribution is 2.94. The van der Waals surface area contributed by atoms with Crippen LogP contribution in [0.2, 0.25) is 0 Å². The van der Waals surface area contributed by atoms with E-state index in [-0.39, 0.29) is 5.41 Å². The Balaban J connectivity index is 1.72. The van der Waals surface area contributed by atoms with E-state index in [1.807, 2.05) is 0 Å². The fourth-order valence-corrected chi connectivity index (χ4v) is 7.61. The van der Waals surface area contributed by atoms with Crippen LogP contribution >= 0.6 is 0 Å². The second kappa shape index (κ2) is 5.51. The Hall–Kier alpha value is -2.60. The van der Waals surface area contributed by atoms with Crippen LogP contribution < -0.4 is 0 Å². The van der Waals surface area contributed by atoms with Gasteiger partial charge in [0.1, 0.15) is 0 Å². The molecule has 0 unspecified atom stereocenters. The second-order valence-corrected chi connectivity index (χ2v) is 9.96. The predicted octanol–water partition coefficient (Wildman–Crippen LogP) is 7.12. The Kier molecular flexibility index (Phi) is 3.28. The zero-order valence-electron chi connectivity index (χ0n) is 17.5. The van der Waals surface area contributed by atoms with Gasteiger partial charge in [-0.3, -0.25) is 0 Å². The van der Waals surface area contributed by atoms with E-state index in [2.05, 4.69) is 112 Å². The fourth-order valence-electron chi connectivity index (χ4n) is 7.61. The van der Waals surface area contributed by atoms with Crippen LogP contribution in [0.5, 0.6) is 0 Å². The minimum Gasteiger partial charge on any atom is -0.0622 e. The van der Waals surface area contributed by atoms with E-state index in [1.54, 1.807) is 5.57 Å². The van der Waals surface area contributed by atoms with E-state index < -0.39 is 0 Å². The van der Waals surface area contributed by atoms with E-state index in [0.29, 0.717) is 16.7 Å². The lowest BCUT2D eigenvalue weighted by Crippen LogP contribution is -2.24. The summed E-state index contributed by atoms with van der Waals surface area (Å²) in [6.07, 6.45) is 1.33. The molecule has 144 valence electrons. The van der Waals surface area contributed by atoms with Crippen LogP contribution in [0.15, 0.2) is 96.6 Å². The molecular formula is C29H28. The third-order valence-corrected chi connectivity index (χ3v) is 9.03. The van der Waals surface area contributed by atoms with Crippen molar-refractivity contribution >= 4 is 5.57 Å². The minimum absolute atomic E-state index is 0.184. The largest absolute Gasteiger partial charge is 0.0622 e. The van der Waals surface area contributed by atoms with Crippen molar-refractivity contribution in [2.24, 2.45) is 22.7 Å². The second-order valence-electron chi connectivity index (χ2n) is 9.96. The topological polar surface area (TPSA) is 0 Å². The van der Waals surface area contributed by atoms with Gasteiger partial charge in [0.05, 0.1) is 0 Å². The molecule has 0 heteroatoms. The maximum absolute atomic E-state index is 2.57. The molecule has 4 fully saturated rings. The molecule has 0 radical (unpaired) electrons. The first-order valence-electron chi connectivity index (χ1n) is 11.0. The first-order valence-corrected chi connectivity index (χ1v) is 11.0. The zero-order chi connectivity index (χ0) is 19.9. The van der Waals surface area contributed by atoms with E-state index in [0.717, 1.165) is 5.92 Å². The number of hydrogen-bond acceptors (Lipinski definition) is 0. The Labute approximate surface area is 174 Å². The Morgan fingerprint density at radius 2 is 1.17 bits per heavy atom. The lowest BCUT2D eigenvalue weighted by Gasteiger charge is -2.29. The maximum atomic E-state index is 2.57. The quantitative estimate of drug-likeness (QED) is 0.456. The summed E-state index contributed by atoms with van der Waals surface area (Å²) in [6, 6.07) is 33.6. The normalized spacial score (nSPS) is 33.0. The molecule has 0 aliphatic heterocycles. The molecule has 0 saturated heterocycles. The standard InChI is InChI=1S/C29H28/c1-27(2)23-19-24-28(27,3)29(24,22-17-11-6-12-18-22)26(23)25(20-13-7-4-8-14-20)21-15-9-5-10-16-21/h4-18,23-24H,19H2,1-3H3/t23-,24+,28-,29-/m0/s1. The van der Waals surface area contributed by atoms with Gasteiger partial charge in [0.25, 0.3) is 0 Å². The molecule has 7 rings (SSSR count). The highest BCUT2D eigenvalue weighted by atomic mass is 14.9. The van der Waals surface area contributed by atoms with Gasteiger partial charge in [-0.25, -0.2) is 0 Å². The fraction of sp³-hybridized carbons (Fsp3) is 0.310. The van der Waals surface area contributed by atoms with Gasteiger partial charge in [0.15, 0.2) is 0 Å². The first kappa shape index (κ1) is 17.3. The third kappa shape index (κ3) is 1.82. The Morgan fingerprint density at radius 3 is 1.62 bits per heavy atom. The summed E-state index contributed by atoms with van der Waals surface area (Å²) < 4.78 is 0. The molecule has 4 aliphatic rings. The van der Waals surface area contributed by atoms with Crippen molar-refractivity contribution in [2.75, 3.05) is 0 Å². The molecule has 0 nitrogen and oxygen atoms in total. The van der Waals surface area contributed by atoms with Crippen molar-refractivity contribution in [1.82, 2.24) is 0 Å². The SMILES string of the molecule is CC1(C)[C@H]2C[C@H]3[C@@](c4ccccc4)(C2=C(c2ccccc2)c2ccccc2)[C@@]31C. The average molecular weight is 377 g/mol. The molecule has 4 saturated carbocycles. The summed E-state index contributed by atoms with van der Waals surface area (Å²) in [5.74, 6) is 1.41. The molecule has 3 aromatic carbocycles. The van der Waals surface area contributed by atoms with Gasteiger partial charge in [-0.15, -0.1) is 0 Å². The van der Waals surface area contributed by atoms with Gasteiger partial charge in [-0.2, -0.15) is 0 Å². The minimum atomic E-state index is 0.184. The molecule has 0 heterocycles. The molecule has 3 aromatic rings. The van der Waals surface area contributed by atoms with Crippen LogP contribution in [-0.2, 0) is 5.41 Å². The monoisotopic (exact) mass is 376 g/mol. The molecule has 4 aliphatic carbocycles. The summed E-state index contributed by atoms with van der Waals surface area (Å²) in [7, 11) is 0. The van der Waals surface area contributed by atoms with Crippen molar-refractivity contribution in [3.05, 3.63) is 113 Å². The summed E-state index contributed by atoms with van der Waals surface area (Å²) in [5.41, 5.74) is 8.29. The number of rotatable bonds is 3. The van der Waals surface area contributed by atoms with Crippen LogP contribution in [0.25, 0.3) is 5.57 Å². The molecule has 0 aromatic heterocycles. The van der Waals surface area contributed by atoms with E-state index in [1.165, 1.54) is 28.7 Å². The highest BCUT2D eigenvalue weighted by molar-refractivity contribution is 5.88. The molecule has 0 N–H and O–H groups in total. The predicted molar refractivity (Wildman–Crippen MR) is 121 cm³/mol. The van der Waals surface area contributed by atoms with Gasteiger partial charge in [0.2, 0.25) is 0 Å². The highest BCUT2D eigenvalue weighted by Gasteiger charge is 2.91. The maximum Gasteiger partial charge on any atom is 0.0270 e. The molecular weight excluding hydrogens is 348 g/mol. The van der Waals surface area contributed by atoms with Crippen LogP contribution in [0.3, 0.4) is 0 Å². The van der Waals surface area contributed by atoms with Crippen molar-refractivity contribution in [3.63, 3.8) is 0 Å². The van der Waals surface area contributed by atoms with Crippen molar-refractivity contribution in [3.8, 4) is 0 Å². The van der Waals surface area contributed by atoms with Gasteiger partial charge in [-0.05, 0) is 56.9 Å². The van der Waals surface area contributed by atoms with E-state index in [4.69, 9.17) is 0 Å². The lowest BCUT2D eigenvalue weighted by molar-refractivity contribution is 0.202. The van der Waals surface area contributed by atoms with Crippen molar-refractivity contribution in [2.45, 2.75) is 32.6 Å². The van der Waals surface area contributed by atoms with Crippen LogP contribution in [0, 0.1) is 22.7 Å². The van der Waals surface area contributed by atoms with Crippen molar-refractivity contribution < 1.29 is 0 Å². The smallest absolute Gasteiger partial charge is 0.0270 e. The van der Waals surface area contributed by atoms with Crippen LogP contribution in [0.1, 0.15) is 43.9 Å². The van der Waals surface area contributed by atoms with Crippen LogP contribution in [0.4, 0.5) is 0 Å². The molecule has 4 atom stereocenters. The van der Waals surface area contributed by atoms with Gasteiger partial charge in [0, 0.05) is 5.41 Å². The lowest BCUT2D eigenvalue weighted by atomic mass is 9.74. The molecule has 0 spiro atoms. The third-order valence-electron chi connectivity index (χ3n) is 9.03. The number of benzene rings is 3. The van der Waals surface area contributed by atoms with Crippen LogP contribution in [-0.4, -0.2) is 0 Å². The Bertz CT molecular complexity index is 1060. The molecule has 29 heavy (non-hydrogen) atoms. The number of allylic oxidation sites excluding steroid dienone is 1. The molecule has 0 amide bonds. The van der Waals surface area contributed by atoms with E-state index >= 15 is 0 Å². The van der Waals surface area contributed by atoms with Gasteiger partial charge < -0.3 is 0 Å². The Morgan fingerprint density at radius 1 is 0.690 bits per heavy atom. The summed E-state index contributed by atoms with van der Waals surface area (Å²) in [6.45, 7) is 7.64. The van der Waals surface area contributed by atoms with Gasteiger partial charge in [-0.1, -0.05) is 112 Å². The van der Waals surface area contributed by atoms with Gasteiger partial charge >= 0.3 is 0 Å². The summed E-state index contributed by atoms with van der Waals surface area (Å²) in [5, 5.41) is 0. The average Bonchev–Trinajstić information content (AvgIpc) is 2.95. The summed E-state index contributed by atoms with van der Waals surface area (Å²) in [4.78, 5) is 0. The van der Waals surface area contributed by atoms with E-state index in [9.17, 15) is 0 Å². The zero-order valence-corrected chi connectivity index (χ0v) is 17.5. The summed E-state index contributed by atoms with van der Waals surface area (Å²) >= 11 is 0. The number of hydrogen-bond donors (Lipinski definition) is 0. The van der Waals surface area contributed by atoms with Crippen molar-refractivity contribution in [1.29, 1.82) is 0 Å².